The minimum Gasteiger partial charge on any atom is -0.310 e. The Hall–Kier alpha value is 0.01000. The lowest BCUT2D eigenvalue weighted by molar-refractivity contribution is 0.587. The van der Waals surface area contributed by atoms with E-state index in [1.54, 1.807) is 0 Å². The second kappa shape index (κ2) is 8.23. The van der Waals surface area contributed by atoms with Gasteiger partial charge in [-0.15, -0.1) is 11.8 Å². The summed E-state index contributed by atoms with van der Waals surface area (Å²) in [5.41, 5.74) is 1.33. The minimum atomic E-state index is 0.524. The highest BCUT2D eigenvalue weighted by Gasteiger charge is 2.05. The number of hydrogen-bond acceptors (Lipinski definition) is 2. The Kier molecular flexibility index (Phi) is 7.35. The van der Waals surface area contributed by atoms with Gasteiger partial charge in [0, 0.05) is 27.7 Å². The Bertz CT molecular complexity index is 366. The predicted molar refractivity (Wildman–Crippen MR) is 86.3 cm³/mol. The molecule has 18 heavy (non-hydrogen) atoms. The molecule has 102 valence electrons. The molecule has 1 atom stereocenters. The molecule has 1 aromatic carbocycles. The van der Waals surface area contributed by atoms with Crippen LogP contribution in [0.3, 0.4) is 0 Å². The summed E-state index contributed by atoms with van der Waals surface area (Å²) in [5.74, 6) is 1.99. The standard InChI is InChI=1S/C15H24BrNS/c1-5-12(4)10-18-14-7-6-13(15(16)8-14)9-17-11(2)3/h6-8,11-12,17H,5,9-10H2,1-4H3. The third kappa shape index (κ3) is 5.77. The first-order valence-corrected chi connectivity index (χ1v) is 8.45. The molecule has 0 spiro atoms. The van der Waals surface area contributed by atoms with Crippen LogP contribution in [-0.4, -0.2) is 11.8 Å². The first-order valence-electron chi connectivity index (χ1n) is 6.67. The monoisotopic (exact) mass is 329 g/mol. The third-order valence-electron chi connectivity index (χ3n) is 2.96. The highest BCUT2D eigenvalue weighted by Crippen LogP contribution is 2.27. The van der Waals surface area contributed by atoms with Gasteiger partial charge in [-0.1, -0.05) is 56.1 Å². The van der Waals surface area contributed by atoms with Crippen LogP contribution < -0.4 is 5.32 Å². The van der Waals surface area contributed by atoms with E-state index in [2.05, 4.69) is 67.1 Å². The highest BCUT2D eigenvalue weighted by atomic mass is 79.9. The molecule has 0 amide bonds. The van der Waals surface area contributed by atoms with Crippen LogP contribution in [0, 0.1) is 5.92 Å². The van der Waals surface area contributed by atoms with Crippen LogP contribution in [0.2, 0.25) is 0 Å². The third-order valence-corrected chi connectivity index (χ3v) is 5.02. The maximum atomic E-state index is 3.67. The number of rotatable bonds is 7. The van der Waals surface area contributed by atoms with Crippen molar-refractivity contribution in [2.45, 2.75) is 51.6 Å². The van der Waals surface area contributed by atoms with Gasteiger partial charge in [0.15, 0.2) is 0 Å². The van der Waals surface area contributed by atoms with Gasteiger partial charge in [-0.2, -0.15) is 0 Å². The van der Waals surface area contributed by atoms with E-state index >= 15 is 0 Å². The van der Waals surface area contributed by atoms with Crippen molar-refractivity contribution in [1.82, 2.24) is 5.32 Å². The van der Waals surface area contributed by atoms with E-state index in [4.69, 9.17) is 0 Å². The normalized spacial score (nSPS) is 13.0. The summed E-state index contributed by atoms with van der Waals surface area (Å²) in [5, 5.41) is 3.44. The van der Waals surface area contributed by atoms with E-state index < -0.39 is 0 Å². The smallest absolute Gasteiger partial charge is 0.0231 e. The average molecular weight is 330 g/mol. The number of nitrogens with one attached hydrogen (secondary N) is 1. The molecular formula is C15H24BrNS. The lowest BCUT2D eigenvalue weighted by Crippen LogP contribution is -2.21. The van der Waals surface area contributed by atoms with Crippen LogP contribution in [0.15, 0.2) is 27.6 Å². The molecule has 0 bridgehead atoms. The molecule has 1 rings (SSSR count). The summed E-state index contributed by atoms with van der Waals surface area (Å²) in [4.78, 5) is 1.36. The van der Waals surface area contributed by atoms with Crippen LogP contribution >= 0.6 is 27.7 Å². The minimum absolute atomic E-state index is 0.524. The first-order chi connectivity index (χ1) is 8.52. The van der Waals surface area contributed by atoms with Crippen molar-refractivity contribution >= 4 is 27.7 Å². The van der Waals surface area contributed by atoms with Crippen molar-refractivity contribution in [1.29, 1.82) is 0 Å². The van der Waals surface area contributed by atoms with Crippen molar-refractivity contribution in [2.75, 3.05) is 5.75 Å². The van der Waals surface area contributed by atoms with Gasteiger partial charge in [0.2, 0.25) is 0 Å². The van der Waals surface area contributed by atoms with Crippen LogP contribution in [0.25, 0.3) is 0 Å². The van der Waals surface area contributed by atoms with Gasteiger partial charge in [-0.25, -0.2) is 0 Å². The summed E-state index contributed by atoms with van der Waals surface area (Å²) in [7, 11) is 0. The summed E-state index contributed by atoms with van der Waals surface area (Å²) in [6, 6.07) is 7.22. The fourth-order valence-electron chi connectivity index (χ4n) is 1.43. The molecule has 0 saturated carbocycles. The van der Waals surface area contributed by atoms with Crippen molar-refractivity contribution in [2.24, 2.45) is 5.92 Å². The number of halogens is 1. The Morgan fingerprint density at radius 2 is 2.00 bits per heavy atom. The number of thioether (sulfide) groups is 1. The molecule has 0 saturated heterocycles. The quantitative estimate of drug-likeness (QED) is 0.699. The van der Waals surface area contributed by atoms with Crippen molar-refractivity contribution in [3.8, 4) is 0 Å². The van der Waals surface area contributed by atoms with Crippen LogP contribution in [0.5, 0.6) is 0 Å². The second-order valence-corrected chi connectivity index (χ2v) is 7.06. The van der Waals surface area contributed by atoms with Gasteiger partial charge >= 0.3 is 0 Å². The van der Waals surface area contributed by atoms with Gasteiger partial charge in [0.25, 0.3) is 0 Å². The summed E-state index contributed by atoms with van der Waals surface area (Å²) in [6.45, 7) is 9.83. The molecule has 1 aromatic rings. The molecule has 0 fully saturated rings. The molecule has 0 aliphatic carbocycles. The topological polar surface area (TPSA) is 12.0 Å². The fourth-order valence-corrected chi connectivity index (χ4v) is 3.18. The van der Waals surface area contributed by atoms with E-state index in [1.165, 1.54) is 27.1 Å². The molecule has 1 nitrogen and oxygen atoms in total. The Labute approximate surface area is 124 Å². The molecule has 0 aliphatic heterocycles. The zero-order valence-electron chi connectivity index (χ0n) is 11.8. The van der Waals surface area contributed by atoms with Gasteiger partial charge < -0.3 is 5.32 Å². The SMILES string of the molecule is CCC(C)CSc1ccc(CNC(C)C)c(Br)c1. The lowest BCUT2D eigenvalue weighted by Gasteiger charge is -2.12. The van der Waals surface area contributed by atoms with Gasteiger partial charge in [0.1, 0.15) is 0 Å². The van der Waals surface area contributed by atoms with Crippen LogP contribution in [0.4, 0.5) is 0 Å². The molecule has 3 heteroatoms. The largest absolute Gasteiger partial charge is 0.310 e. The average Bonchev–Trinajstić information content (AvgIpc) is 2.34. The van der Waals surface area contributed by atoms with Crippen molar-refractivity contribution in [3.63, 3.8) is 0 Å². The zero-order valence-corrected chi connectivity index (χ0v) is 14.2. The van der Waals surface area contributed by atoms with Gasteiger partial charge in [-0.3, -0.25) is 0 Å². The van der Waals surface area contributed by atoms with E-state index in [0.29, 0.717) is 6.04 Å². The van der Waals surface area contributed by atoms with Crippen molar-refractivity contribution in [3.05, 3.63) is 28.2 Å². The Morgan fingerprint density at radius 3 is 2.56 bits per heavy atom. The first kappa shape index (κ1) is 16.1. The van der Waals surface area contributed by atoms with Gasteiger partial charge in [-0.05, 0) is 23.6 Å². The molecule has 0 radical (unpaired) electrons. The number of hydrogen-bond donors (Lipinski definition) is 1. The maximum absolute atomic E-state index is 3.67. The van der Waals surface area contributed by atoms with E-state index in [1.807, 2.05) is 11.8 Å². The molecule has 0 aromatic heterocycles. The Balaban J connectivity index is 2.56. The van der Waals surface area contributed by atoms with E-state index in [9.17, 15) is 0 Å². The van der Waals surface area contributed by atoms with E-state index in [-0.39, 0.29) is 0 Å². The summed E-state index contributed by atoms with van der Waals surface area (Å²) in [6.07, 6.45) is 1.25. The summed E-state index contributed by atoms with van der Waals surface area (Å²) < 4.78 is 1.21. The van der Waals surface area contributed by atoms with Crippen LogP contribution in [0.1, 0.15) is 39.7 Å². The molecule has 0 aliphatic rings. The maximum Gasteiger partial charge on any atom is 0.0231 e. The lowest BCUT2D eigenvalue weighted by atomic mass is 10.2. The Morgan fingerprint density at radius 1 is 1.28 bits per heavy atom. The molecule has 1 unspecified atom stereocenters. The zero-order chi connectivity index (χ0) is 13.5. The van der Waals surface area contributed by atoms with Crippen molar-refractivity contribution < 1.29 is 0 Å². The second-order valence-electron chi connectivity index (χ2n) is 5.11. The molecular weight excluding hydrogens is 306 g/mol. The number of benzene rings is 1. The summed E-state index contributed by atoms with van der Waals surface area (Å²) >= 11 is 5.62. The van der Waals surface area contributed by atoms with Crippen LogP contribution in [-0.2, 0) is 6.54 Å². The highest BCUT2D eigenvalue weighted by molar-refractivity contribution is 9.10. The van der Waals surface area contributed by atoms with Gasteiger partial charge in [0.05, 0.1) is 0 Å². The molecule has 0 heterocycles. The molecule has 1 N–H and O–H groups in total. The predicted octanol–water partition coefficient (Wildman–Crippen LogP) is 5.09. The van der Waals surface area contributed by atoms with E-state index in [0.717, 1.165) is 12.5 Å². The fraction of sp³-hybridized carbons (Fsp3) is 0.600.